The summed E-state index contributed by atoms with van der Waals surface area (Å²) in [6, 6.07) is 7.88. The van der Waals surface area contributed by atoms with Crippen molar-refractivity contribution in [2.24, 2.45) is 5.73 Å². The zero-order valence-corrected chi connectivity index (χ0v) is 13.8. The van der Waals surface area contributed by atoms with Crippen LogP contribution in [0.1, 0.15) is 32.9 Å². The van der Waals surface area contributed by atoms with Crippen molar-refractivity contribution in [1.29, 1.82) is 0 Å². The van der Waals surface area contributed by atoms with E-state index >= 15 is 0 Å². The molecule has 0 aliphatic rings. The molecule has 3 rings (SSSR count). The van der Waals surface area contributed by atoms with Crippen molar-refractivity contribution in [3.63, 3.8) is 0 Å². The predicted octanol–water partition coefficient (Wildman–Crippen LogP) is 3.41. The molecule has 23 heavy (non-hydrogen) atoms. The summed E-state index contributed by atoms with van der Waals surface area (Å²) >= 11 is 0. The van der Waals surface area contributed by atoms with Gasteiger partial charge in [0.15, 0.2) is 5.65 Å². The number of anilines is 2. The Hall–Kier alpha value is -2.82. The lowest BCUT2D eigenvalue weighted by molar-refractivity contribution is 0.1000. The first-order valence-corrected chi connectivity index (χ1v) is 7.51. The number of hydrogen-bond acceptors (Lipinski definition) is 3. The Morgan fingerprint density at radius 2 is 1.83 bits per heavy atom. The van der Waals surface area contributed by atoms with Crippen LogP contribution in [0.5, 0.6) is 0 Å². The molecule has 118 valence electrons. The lowest BCUT2D eigenvalue weighted by Crippen LogP contribution is -2.13. The Balaban J connectivity index is 2.23. The molecule has 0 saturated carbocycles. The zero-order valence-electron chi connectivity index (χ0n) is 13.8. The second-order valence-corrected chi connectivity index (χ2v) is 5.87. The third-order valence-corrected chi connectivity index (χ3v) is 4.22. The number of pyridine rings is 1. The number of benzene rings is 1. The largest absolute Gasteiger partial charge is 0.366 e. The van der Waals surface area contributed by atoms with Gasteiger partial charge in [0, 0.05) is 17.6 Å². The van der Waals surface area contributed by atoms with Crippen LogP contribution in [0.2, 0.25) is 0 Å². The molecule has 2 heterocycles. The number of nitrogens with zero attached hydrogens (tertiary/aromatic N) is 2. The van der Waals surface area contributed by atoms with Crippen molar-refractivity contribution in [1.82, 2.24) is 9.38 Å². The van der Waals surface area contributed by atoms with Crippen molar-refractivity contribution in [2.45, 2.75) is 27.7 Å². The molecule has 0 radical (unpaired) electrons. The number of nitrogens with one attached hydrogen (secondary N) is 1. The smallest absolute Gasteiger partial charge is 0.250 e. The number of para-hydroxylation sites is 1. The number of primary amides is 1. The normalized spacial score (nSPS) is 11.0. The van der Waals surface area contributed by atoms with E-state index in [-0.39, 0.29) is 0 Å². The Labute approximate surface area is 135 Å². The standard InChI is InChI=1S/C18H20N4O/c1-10-6-5-7-11(2)16(10)21-15-8-14(17(19)23)9-22-13(4)12(3)20-18(15)22/h5-9,21H,1-4H3,(H2,19,23). The maximum atomic E-state index is 11.7. The van der Waals surface area contributed by atoms with E-state index in [0.29, 0.717) is 5.56 Å². The van der Waals surface area contributed by atoms with Crippen molar-refractivity contribution >= 4 is 22.9 Å². The fourth-order valence-corrected chi connectivity index (χ4v) is 2.74. The number of nitrogens with two attached hydrogens (primary N) is 1. The molecule has 3 aromatic rings. The third kappa shape index (κ3) is 2.54. The SMILES string of the molecule is Cc1cccc(C)c1Nc1cc(C(N)=O)cn2c(C)c(C)nc12. The molecule has 0 aliphatic carbocycles. The van der Waals surface area contributed by atoms with Gasteiger partial charge in [0.05, 0.1) is 16.9 Å². The number of fused-ring (bicyclic) bond motifs is 1. The molecule has 2 aromatic heterocycles. The fraction of sp³-hybridized carbons (Fsp3) is 0.222. The minimum absolute atomic E-state index is 0.451. The number of imidazole rings is 1. The summed E-state index contributed by atoms with van der Waals surface area (Å²) in [6.07, 6.45) is 1.74. The third-order valence-electron chi connectivity index (χ3n) is 4.22. The van der Waals surface area contributed by atoms with Crippen LogP contribution in [0.4, 0.5) is 11.4 Å². The number of aryl methyl sites for hydroxylation is 4. The van der Waals surface area contributed by atoms with Gasteiger partial charge in [-0.05, 0) is 44.9 Å². The van der Waals surface area contributed by atoms with Crippen LogP contribution in [0.15, 0.2) is 30.5 Å². The molecule has 5 nitrogen and oxygen atoms in total. The van der Waals surface area contributed by atoms with Crippen LogP contribution in [-0.2, 0) is 0 Å². The number of carbonyl (C=O) groups excluding carboxylic acids is 1. The van der Waals surface area contributed by atoms with Gasteiger partial charge in [0.25, 0.3) is 0 Å². The van der Waals surface area contributed by atoms with E-state index in [2.05, 4.69) is 10.3 Å². The maximum Gasteiger partial charge on any atom is 0.250 e. The van der Waals surface area contributed by atoms with Crippen molar-refractivity contribution in [3.8, 4) is 0 Å². The minimum Gasteiger partial charge on any atom is -0.366 e. The topological polar surface area (TPSA) is 72.4 Å². The Bertz CT molecular complexity index is 904. The highest BCUT2D eigenvalue weighted by Crippen LogP contribution is 2.28. The molecule has 5 heteroatoms. The van der Waals surface area contributed by atoms with Gasteiger partial charge in [-0.2, -0.15) is 0 Å². The van der Waals surface area contributed by atoms with Gasteiger partial charge >= 0.3 is 0 Å². The van der Waals surface area contributed by atoms with Crippen molar-refractivity contribution in [2.75, 3.05) is 5.32 Å². The second kappa shape index (κ2) is 5.43. The Morgan fingerprint density at radius 3 is 2.43 bits per heavy atom. The van der Waals surface area contributed by atoms with Gasteiger partial charge in [0.1, 0.15) is 0 Å². The van der Waals surface area contributed by atoms with Crippen LogP contribution >= 0.6 is 0 Å². The van der Waals surface area contributed by atoms with Gasteiger partial charge in [-0.25, -0.2) is 4.98 Å². The molecule has 0 bridgehead atoms. The molecule has 3 N–H and O–H groups in total. The highest BCUT2D eigenvalue weighted by Gasteiger charge is 2.14. The van der Waals surface area contributed by atoms with Crippen LogP contribution in [0, 0.1) is 27.7 Å². The first-order valence-electron chi connectivity index (χ1n) is 7.51. The number of hydrogen-bond donors (Lipinski definition) is 2. The highest BCUT2D eigenvalue weighted by atomic mass is 16.1. The van der Waals surface area contributed by atoms with Crippen molar-refractivity contribution < 1.29 is 4.79 Å². The lowest BCUT2D eigenvalue weighted by atomic mass is 10.1. The van der Waals surface area contributed by atoms with Crippen molar-refractivity contribution in [3.05, 3.63) is 58.5 Å². The van der Waals surface area contributed by atoms with Gasteiger partial charge < -0.3 is 15.5 Å². The average Bonchev–Trinajstić information content (AvgIpc) is 2.78. The maximum absolute atomic E-state index is 11.7. The first-order chi connectivity index (χ1) is 10.9. The minimum atomic E-state index is -0.456. The Morgan fingerprint density at radius 1 is 1.17 bits per heavy atom. The molecule has 1 aromatic carbocycles. The second-order valence-electron chi connectivity index (χ2n) is 5.87. The first kappa shape index (κ1) is 15.1. The van der Waals surface area contributed by atoms with E-state index in [4.69, 9.17) is 5.73 Å². The average molecular weight is 308 g/mol. The van der Waals surface area contributed by atoms with E-state index in [1.807, 2.05) is 50.3 Å². The molecule has 0 fully saturated rings. The number of rotatable bonds is 3. The quantitative estimate of drug-likeness (QED) is 0.779. The zero-order chi connectivity index (χ0) is 16.7. The summed E-state index contributed by atoms with van der Waals surface area (Å²) in [7, 11) is 0. The van der Waals surface area contributed by atoms with Gasteiger partial charge in [0.2, 0.25) is 5.91 Å². The van der Waals surface area contributed by atoms with Gasteiger partial charge in [-0.15, -0.1) is 0 Å². The molecule has 0 aliphatic heterocycles. The monoisotopic (exact) mass is 308 g/mol. The van der Waals surface area contributed by atoms with E-state index < -0.39 is 5.91 Å². The highest BCUT2D eigenvalue weighted by molar-refractivity contribution is 5.95. The molecule has 0 saturated heterocycles. The van der Waals surface area contributed by atoms with Crippen LogP contribution < -0.4 is 11.1 Å². The summed E-state index contributed by atoms with van der Waals surface area (Å²) in [5, 5.41) is 3.43. The summed E-state index contributed by atoms with van der Waals surface area (Å²) < 4.78 is 1.91. The molecule has 0 atom stereocenters. The summed E-state index contributed by atoms with van der Waals surface area (Å²) in [5.41, 5.74) is 12.7. The molecule has 0 unspecified atom stereocenters. The number of carbonyl (C=O) groups is 1. The molecule has 0 spiro atoms. The summed E-state index contributed by atoms with van der Waals surface area (Å²) in [6.45, 7) is 8.02. The van der Waals surface area contributed by atoms with E-state index in [1.165, 1.54) is 0 Å². The Kier molecular flexibility index (Phi) is 3.56. The summed E-state index contributed by atoms with van der Waals surface area (Å²) in [4.78, 5) is 16.3. The van der Waals surface area contributed by atoms with E-state index in [9.17, 15) is 4.79 Å². The predicted molar refractivity (Wildman–Crippen MR) is 92.4 cm³/mol. The van der Waals surface area contributed by atoms with E-state index in [1.54, 1.807) is 12.3 Å². The number of aromatic nitrogens is 2. The van der Waals surface area contributed by atoms with Crippen LogP contribution in [0.3, 0.4) is 0 Å². The van der Waals surface area contributed by atoms with Gasteiger partial charge in [-0.1, -0.05) is 18.2 Å². The number of amides is 1. The van der Waals surface area contributed by atoms with Crippen LogP contribution in [-0.4, -0.2) is 15.3 Å². The molecular weight excluding hydrogens is 288 g/mol. The summed E-state index contributed by atoms with van der Waals surface area (Å²) in [5.74, 6) is -0.456. The lowest BCUT2D eigenvalue weighted by Gasteiger charge is -2.14. The van der Waals surface area contributed by atoms with Crippen LogP contribution in [0.25, 0.3) is 5.65 Å². The van der Waals surface area contributed by atoms with Gasteiger partial charge in [-0.3, -0.25) is 4.79 Å². The van der Waals surface area contributed by atoms with E-state index in [0.717, 1.165) is 39.5 Å². The molecular formula is C18H20N4O. The fourth-order valence-electron chi connectivity index (χ4n) is 2.74. The molecule has 1 amide bonds.